The van der Waals surface area contributed by atoms with E-state index < -0.39 is 0 Å². The average Bonchev–Trinajstić information content (AvgIpc) is 2.17. The van der Waals surface area contributed by atoms with Gasteiger partial charge in [0.05, 0.1) is 0 Å². The fourth-order valence-corrected chi connectivity index (χ4v) is 2.96. The summed E-state index contributed by atoms with van der Waals surface area (Å²) in [6, 6.07) is 6.28. The molecule has 1 saturated carbocycles. The number of nitrogens with two attached hydrogens (primary N) is 1. The zero-order valence-electron chi connectivity index (χ0n) is 9.79. The Kier molecular flexibility index (Phi) is 2.99. The molecule has 0 saturated heterocycles. The van der Waals surface area contributed by atoms with E-state index in [4.69, 9.17) is 5.73 Å². The van der Waals surface area contributed by atoms with Gasteiger partial charge in [0.2, 0.25) is 0 Å². The van der Waals surface area contributed by atoms with Crippen molar-refractivity contribution in [3.63, 3.8) is 0 Å². The standard InChI is InChI=1S/C14H21N/c1-10-5-3-7-12(9-10)14-11(2)6-4-8-13(14)15/h4,6,8,10,12H,3,5,7,9,15H2,1-2H3/t10-,12-/m0/s1. The van der Waals surface area contributed by atoms with E-state index in [0.29, 0.717) is 5.92 Å². The molecule has 82 valence electrons. The summed E-state index contributed by atoms with van der Waals surface area (Å²) in [5.74, 6) is 1.57. The van der Waals surface area contributed by atoms with Gasteiger partial charge in [-0.3, -0.25) is 0 Å². The van der Waals surface area contributed by atoms with E-state index in [9.17, 15) is 0 Å². The van der Waals surface area contributed by atoms with E-state index >= 15 is 0 Å². The van der Waals surface area contributed by atoms with Crippen LogP contribution in [-0.4, -0.2) is 0 Å². The van der Waals surface area contributed by atoms with Gasteiger partial charge in [0.1, 0.15) is 0 Å². The monoisotopic (exact) mass is 203 g/mol. The second-order valence-corrected chi connectivity index (χ2v) is 5.05. The Bertz CT molecular complexity index is 323. The molecule has 1 fully saturated rings. The first kappa shape index (κ1) is 10.5. The first-order valence-corrected chi connectivity index (χ1v) is 6.03. The third-order valence-electron chi connectivity index (χ3n) is 3.70. The Morgan fingerprint density at radius 2 is 2.07 bits per heavy atom. The van der Waals surface area contributed by atoms with Gasteiger partial charge >= 0.3 is 0 Å². The number of hydrogen-bond acceptors (Lipinski definition) is 1. The van der Waals surface area contributed by atoms with Crippen LogP contribution in [0.3, 0.4) is 0 Å². The van der Waals surface area contributed by atoms with Crippen molar-refractivity contribution < 1.29 is 0 Å². The maximum absolute atomic E-state index is 6.10. The summed E-state index contributed by atoms with van der Waals surface area (Å²) < 4.78 is 0. The molecular weight excluding hydrogens is 182 g/mol. The minimum Gasteiger partial charge on any atom is -0.398 e. The fourth-order valence-electron chi connectivity index (χ4n) is 2.96. The Morgan fingerprint density at radius 3 is 2.73 bits per heavy atom. The molecule has 1 aliphatic rings. The average molecular weight is 203 g/mol. The molecule has 15 heavy (non-hydrogen) atoms. The topological polar surface area (TPSA) is 26.0 Å². The van der Waals surface area contributed by atoms with Gasteiger partial charge in [-0.15, -0.1) is 0 Å². The predicted octanol–water partition coefficient (Wildman–Crippen LogP) is 3.87. The predicted molar refractivity (Wildman–Crippen MR) is 66.0 cm³/mol. The lowest BCUT2D eigenvalue weighted by atomic mass is 9.77. The molecule has 1 heteroatoms. The number of benzene rings is 1. The third kappa shape index (κ3) is 2.17. The molecule has 0 bridgehead atoms. The molecule has 1 aliphatic carbocycles. The van der Waals surface area contributed by atoms with Crippen LogP contribution in [-0.2, 0) is 0 Å². The van der Waals surface area contributed by atoms with Crippen molar-refractivity contribution in [1.82, 2.24) is 0 Å². The molecule has 0 radical (unpaired) electrons. The Morgan fingerprint density at radius 1 is 1.27 bits per heavy atom. The molecule has 1 aromatic carbocycles. The number of hydrogen-bond donors (Lipinski definition) is 1. The first-order chi connectivity index (χ1) is 7.18. The van der Waals surface area contributed by atoms with Crippen molar-refractivity contribution in [2.75, 3.05) is 5.73 Å². The van der Waals surface area contributed by atoms with Gasteiger partial charge in [0.25, 0.3) is 0 Å². The van der Waals surface area contributed by atoms with Gasteiger partial charge < -0.3 is 5.73 Å². The van der Waals surface area contributed by atoms with E-state index in [2.05, 4.69) is 26.0 Å². The highest BCUT2D eigenvalue weighted by molar-refractivity contribution is 5.52. The highest BCUT2D eigenvalue weighted by atomic mass is 14.6. The Hall–Kier alpha value is -0.980. The third-order valence-corrected chi connectivity index (χ3v) is 3.70. The summed E-state index contributed by atoms with van der Waals surface area (Å²) >= 11 is 0. The molecule has 0 heterocycles. The zero-order valence-corrected chi connectivity index (χ0v) is 9.79. The highest BCUT2D eigenvalue weighted by Crippen LogP contribution is 2.39. The van der Waals surface area contributed by atoms with Gasteiger partial charge in [0.15, 0.2) is 0 Å². The van der Waals surface area contributed by atoms with E-state index in [1.165, 1.54) is 36.8 Å². The van der Waals surface area contributed by atoms with Crippen LogP contribution >= 0.6 is 0 Å². The highest BCUT2D eigenvalue weighted by Gasteiger charge is 2.22. The van der Waals surface area contributed by atoms with Crippen LogP contribution in [0.5, 0.6) is 0 Å². The second kappa shape index (κ2) is 4.26. The lowest BCUT2D eigenvalue weighted by molar-refractivity contribution is 0.344. The van der Waals surface area contributed by atoms with Crippen molar-refractivity contribution in [2.45, 2.75) is 45.4 Å². The van der Waals surface area contributed by atoms with Crippen LogP contribution in [0.15, 0.2) is 18.2 Å². The number of rotatable bonds is 1. The van der Waals surface area contributed by atoms with Crippen LogP contribution in [0, 0.1) is 12.8 Å². The number of nitrogen functional groups attached to an aromatic ring is 1. The largest absolute Gasteiger partial charge is 0.398 e. The van der Waals surface area contributed by atoms with Crippen molar-refractivity contribution in [3.8, 4) is 0 Å². The smallest absolute Gasteiger partial charge is 0.0352 e. The summed E-state index contributed by atoms with van der Waals surface area (Å²) in [6.45, 7) is 4.55. The van der Waals surface area contributed by atoms with Gasteiger partial charge in [-0.1, -0.05) is 31.9 Å². The van der Waals surface area contributed by atoms with Crippen molar-refractivity contribution in [1.29, 1.82) is 0 Å². The van der Waals surface area contributed by atoms with Crippen LogP contribution < -0.4 is 5.73 Å². The normalized spacial score (nSPS) is 26.5. The van der Waals surface area contributed by atoms with E-state index in [1.54, 1.807) is 0 Å². The quantitative estimate of drug-likeness (QED) is 0.689. The number of anilines is 1. The van der Waals surface area contributed by atoms with E-state index in [0.717, 1.165) is 11.6 Å². The van der Waals surface area contributed by atoms with Crippen LogP contribution in [0.25, 0.3) is 0 Å². The summed E-state index contributed by atoms with van der Waals surface area (Å²) in [5.41, 5.74) is 9.88. The Labute approximate surface area is 92.7 Å². The molecule has 2 rings (SSSR count). The van der Waals surface area contributed by atoms with Crippen molar-refractivity contribution in [2.24, 2.45) is 5.92 Å². The number of aryl methyl sites for hydroxylation is 1. The first-order valence-electron chi connectivity index (χ1n) is 6.03. The van der Waals surface area contributed by atoms with E-state index in [1.807, 2.05) is 6.07 Å². The van der Waals surface area contributed by atoms with Gasteiger partial charge in [-0.05, 0) is 48.8 Å². The van der Waals surface area contributed by atoms with Gasteiger partial charge in [0, 0.05) is 5.69 Å². The minimum absolute atomic E-state index is 0.704. The summed E-state index contributed by atoms with van der Waals surface area (Å²) in [5, 5.41) is 0. The summed E-state index contributed by atoms with van der Waals surface area (Å²) in [4.78, 5) is 0. The SMILES string of the molecule is Cc1cccc(N)c1[C@H]1CCC[C@H](C)C1. The van der Waals surface area contributed by atoms with Gasteiger partial charge in [-0.25, -0.2) is 0 Å². The van der Waals surface area contributed by atoms with Crippen LogP contribution in [0.1, 0.15) is 49.7 Å². The fraction of sp³-hybridized carbons (Fsp3) is 0.571. The lowest BCUT2D eigenvalue weighted by Gasteiger charge is -2.29. The van der Waals surface area contributed by atoms with Crippen LogP contribution in [0.2, 0.25) is 0 Å². The molecule has 1 aromatic rings. The van der Waals surface area contributed by atoms with Gasteiger partial charge in [-0.2, -0.15) is 0 Å². The maximum Gasteiger partial charge on any atom is 0.0352 e. The molecule has 0 unspecified atom stereocenters. The zero-order chi connectivity index (χ0) is 10.8. The van der Waals surface area contributed by atoms with Crippen molar-refractivity contribution in [3.05, 3.63) is 29.3 Å². The molecule has 2 N–H and O–H groups in total. The minimum atomic E-state index is 0.704. The molecule has 2 atom stereocenters. The molecule has 1 nitrogen and oxygen atoms in total. The summed E-state index contributed by atoms with van der Waals surface area (Å²) in [6.07, 6.45) is 5.39. The maximum atomic E-state index is 6.10. The summed E-state index contributed by atoms with van der Waals surface area (Å²) in [7, 11) is 0. The van der Waals surface area contributed by atoms with Crippen molar-refractivity contribution >= 4 is 5.69 Å². The van der Waals surface area contributed by atoms with Crippen LogP contribution in [0.4, 0.5) is 5.69 Å². The Balaban J connectivity index is 2.28. The molecular formula is C14H21N. The lowest BCUT2D eigenvalue weighted by Crippen LogP contribution is -2.14. The van der Waals surface area contributed by atoms with E-state index in [-0.39, 0.29) is 0 Å². The molecule has 0 aliphatic heterocycles. The second-order valence-electron chi connectivity index (χ2n) is 5.05. The molecule has 0 amide bonds. The molecule has 0 spiro atoms. The molecule has 0 aromatic heterocycles.